The van der Waals surface area contributed by atoms with Crippen LogP contribution in [-0.2, 0) is 5.75 Å². The van der Waals surface area contributed by atoms with Gasteiger partial charge in [-0.2, -0.15) is 11.8 Å². The van der Waals surface area contributed by atoms with E-state index >= 15 is 0 Å². The van der Waals surface area contributed by atoms with Gasteiger partial charge in [0.2, 0.25) is 0 Å². The molecule has 0 aliphatic heterocycles. The van der Waals surface area contributed by atoms with Gasteiger partial charge in [0.25, 0.3) is 5.69 Å². The molecule has 0 aliphatic rings. The first-order chi connectivity index (χ1) is 11.1. The first-order valence-corrected chi connectivity index (χ1v) is 8.62. The van der Waals surface area contributed by atoms with Gasteiger partial charge in [-0.1, -0.05) is 30.3 Å². The number of hydrogen-bond donors (Lipinski definition) is 2. The van der Waals surface area contributed by atoms with Crippen molar-refractivity contribution in [2.45, 2.75) is 5.75 Å². The number of nitrogens with zero attached hydrogens (tertiary/aromatic N) is 1. The zero-order valence-electron chi connectivity index (χ0n) is 12.4. The number of thioether (sulfide) groups is 1. The number of rotatable bonds is 7. The number of hydrogen-bond acceptors (Lipinski definition) is 4. The molecular formula is C16H17N3O2S2. The van der Waals surface area contributed by atoms with E-state index in [0.29, 0.717) is 5.11 Å². The third-order valence-corrected chi connectivity index (χ3v) is 4.26. The summed E-state index contributed by atoms with van der Waals surface area (Å²) in [6.07, 6.45) is 0. The summed E-state index contributed by atoms with van der Waals surface area (Å²) in [4.78, 5) is 10.2. The van der Waals surface area contributed by atoms with Crippen LogP contribution in [0.4, 0.5) is 11.4 Å². The highest BCUT2D eigenvalue weighted by molar-refractivity contribution is 7.98. The Labute approximate surface area is 144 Å². The molecule has 2 N–H and O–H groups in total. The monoisotopic (exact) mass is 347 g/mol. The maximum Gasteiger partial charge on any atom is 0.269 e. The summed E-state index contributed by atoms with van der Waals surface area (Å²) < 4.78 is 0. The molecule has 0 fully saturated rings. The van der Waals surface area contributed by atoms with Crippen molar-refractivity contribution in [3.63, 3.8) is 0 Å². The first-order valence-electron chi connectivity index (χ1n) is 7.06. The van der Waals surface area contributed by atoms with E-state index in [2.05, 4.69) is 22.8 Å². The van der Waals surface area contributed by atoms with Gasteiger partial charge in [0, 0.05) is 35.9 Å². The molecule has 5 nitrogen and oxygen atoms in total. The van der Waals surface area contributed by atoms with E-state index in [-0.39, 0.29) is 5.69 Å². The lowest BCUT2D eigenvalue weighted by atomic mass is 10.2. The van der Waals surface area contributed by atoms with Gasteiger partial charge >= 0.3 is 0 Å². The number of thiocarbonyl (C=S) groups is 1. The van der Waals surface area contributed by atoms with Gasteiger partial charge in [-0.3, -0.25) is 10.1 Å². The molecule has 23 heavy (non-hydrogen) atoms. The van der Waals surface area contributed by atoms with E-state index in [1.807, 2.05) is 30.0 Å². The number of nitro benzene ring substituents is 1. The molecule has 2 aromatic rings. The quantitative estimate of drug-likeness (QED) is 0.343. The Morgan fingerprint density at radius 1 is 1.13 bits per heavy atom. The van der Waals surface area contributed by atoms with Crippen LogP contribution in [-0.4, -0.2) is 22.3 Å². The Balaban J connectivity index is 1.64. The molecule has 0 heterocycles. The van der Waals surface area contributed by atoms with Gasteiger partial charge in [-0.05, 0) is 29.9 Å². The fraction of sp³-hybridized carbons (Fsp3) is 0.188. The number of non-ortho nitro benzene ring substituents is 1. The van der Waals surface area contributed by atoms with E-state index in [1.165, 1.54) is 17.7 Å². The molecule has 7 heteroatoms. The minimum atomic E-state index is -0.426. The Hall–Kier alpha value is -2.12. The predicted octanol–water partition coefficient (Wildman–Crippen LogP) is 3.81. The molecule has 0 saturated heterocycles. The molecular weight excluding hydrogens is 330 g/mol. The molecule has 0 aromatic heterocycles. The van der Waals surface area contributed by atoms with Gasteiger partial charge in [0.15, 0.2) is 5.11 Å². The van der Waals surface area contributed by atoms with E-state index in [9.17, 15) is 10.1 Å². The van der Waals surface area contributed by atoms with Crippen molar-refractivity contribution in [2.75, 3.05) is 17.6 Å². The third-order valence-electron chi connectivity index (χ3n) is 2.98. The smallest absolute Gasteiger partial charge is 0.269 e. The SMILES string of the molecule is O=[N+]([O-])c1ccc(NC(=S)NCCSCc2ccccc2)cc1. The van der Waals surface area contributed by atoms with Crippen molar-refractivity contribution in [2.24, 2.45) is 0 Å². The number of benzene rings is 2. The normalized spacial score (nSPS) is 10.1. The van der Waals surface area contributed by atoms with Crippen molar-refractivity contribution < 1.29 is 4.92 Å². The minimum Gasteiger partial charge on any atom is -0.362 e. The van der Waals surface area contributed by atoms with E-state index in [4.69, 9.17) is 12.2 Å². The van der Waals surface area contributed by atoms with Gasteiger partial charge in [0.05, 0.1) is 4.92 Å². The number of anilines is 1. The molecule has 2 aromatic carbocycles. The Morgan fingerprint density at radius 3 is 2.48 bits per heavy atom. The summed E-state index contributed by atoms with van der Waals surface area (Å²) in [6, 6.07) is 16.5. The van der Waals surface area contributed by atoms with Crippen molar-refractivity contribution in [3.8, 4) is 0 Å². The molecule has 0 amide bonds. The van der Waals surface area contributed by atoms with Crippen LogP contribution >= 0.6 is 24.0 Å². The minimum absolute atomic E-state index is 0.0618. The zero-order valence-corrected chi connectivity index (χ0v) is 14.0. The second-order valence-corrected chi connectivity index (χ2v) is 6.24. The van der Waals surface area contributed by atoms with Gasteiger partial charge < -0.3 is 10.6 Å². The summed E-state index contributed by atoms with van der Waals surface area (Å²) in [7, 11) is 0. The highest BCUT2D eigenvalue weighted by Crippen LogP contribution is 2.15. The third kappa shape index (κ3) is 6.25. The van der Waals surface area contributed by atoms with Crippen LogP contribution in [0.15, 0.2) is 54.6 Å². The molecule has 2 rings (SSSR count). The summed E-state index contributed by atoms with van der Waals surface area (Å²) in [5.74, 6) is 1.92. The molecule has 0 bridgehead atoms. The first kappa shape index (κ1) is 17.2. The highest BCUT2D eigenvalue weighted by atomic mass is 32.2. The van der Waals surface area contributed by atoms with E-state index in [0.717, 1.165) is 23.7 Å². The highest BCUT2D eigenvalue weighted by Gasteiger charge is 2.04. The van der Waals surface area contributed by atoms with E-state index in [1.54, 1.807) is 12.1 Å². The number of nitro groups is 1. The average molecular weight is 347 g/mol. The van der Waals surface area contributed by atoms with Crippen molar-refractivity contribution in [1.29, 1.82) is 0 Å². The van der Waals surface area contributed by atoms with Crippen LogP contribution in [0.5, 0.6) is 0 Å². The van der Waals surface area contributed by atoms with Crippen molar-refractivity contribution in [3.05, 3.63) is 70.3 Å². The fourth-order valence-corrected chi connectivity index (χ4v) is 2.88. The summed E-state index contributed by atoms with van der Waals surface area (Å²) in [5, 5.41) is 17.2. The molecule has 0 spiro atoms. The molecule has 0 aliphatic carbocycles. The Bertz CT molecular complexity index is 648. The van der Waals surface area contributed by atoms with Crippen LogP contribution in [0.25, 0.3) is 0 Å². The van der Waals surface area contributed by atoms with Gasteiger partial charge in [-0.15, -0.1) is 0 Å². The van der Waals surface area contributed by atoms with Crippen molar-refractivity contribution in [1.82, 2.24) is 5.32 Å². The lowest BCUT2D eigenvalue weighted by molar-refractivity contribution is -0.384. The molecule has 0 unspecified atom stereocenters. The Kier molecular flexibility index (Phi) is 6.83. The zero-order chi connectivity index (χ0) is 16.5. The molecule has 0 saturated carbocycles. The average Bonchev–Trinajstić information content (AvgIpc) is 2.56. The van der Waals surface area contributed by atoms with Crippen LogP contribution in [0, 0.1) is 10.1 Å². The number of nitrogens with one attached hydrogen (secondary N) is 2. The Morgan fingerprint density at radius 2 is 1.83 bits per heavy atom. The van der Waals surface area contributed by atoms with Crippen LogP contribution in [0.2, 0.25) is 0 Å². The summed E-state index contributed by atoms with van der Waals surface area (Å²) >= 11 is 7.03. The standard InChI is InChI=1S/C16H17N3O2S2/c20-19(21)15-8-6-14(7-9-15)18-16(22)17-10-11-23-12-13-4-2-1-3-5-13/h1-9H,10-12H2,(H2,17,18,22). The second-order valence-electron chi connectivity index (χ2n) is 4.72. The molecule has 120 valence electrons. The van der Waals surface area contributed by atoms with Crippen LogP contribution < -0.4 is 10.6 Å². The van der Waals surface area contributed by atoms with Crippen molar-refractivity contribution >= 4 is 40.5 Å². The van der Waals surface area contributed by atoms with E-state index < -0.39 is 4.92 Å². The maximum atomic E-state index is 10.6. The largest absolute Gasteiger partial charge is 0.362 e. The van der Waals surface area contributed by atoms with Crippen LogP contribution in [0.3, 0.4) is 0 Å². The molecule has 0 radical (unpaired) electrons. The molecule has 0 atom stereocenters. The lowest BCUT2D eigenvalue weighted by Gasteiger charge is -2.10. The summed E-state index contributed by atoms with van der Waals surface area (Å²) in [5.41, 5.74) is 2.10. The fourth-order valence-electron chi connectivity index (χ4n) is 1.84. The second kappa shape index (κ2) is 9.12. The maximum absolute atomic E-state index is 10.6. The topological polar surface area (TPSA) is 67.2 Å². The van der Waals surface area contributed by atoms with Crippen LogP contribution in [0.1, 0.15) is 5.56 Å². The van der Waals surface area contributed by atoms with Gasteiger partial charge in [-0.25, -0.2) is 0 Å². The lowest BCUT2D eigenvalue weighted by Crippen LogP contribution is -2.30. The summed E-state index contributed by atoms with van der Waals surface area (Å²) in [6.45, 7) is 0.760. The van der Waals surface area contributed by atoms with Gasteiger partial charge in [0.1, 0.15) is 0 Å². The predicted molar refractivity (Wildman–Crippen MR) is 99.9 cm³/mol.